The minimum absolute atomic E-state index is 0.735. The molecule has 0 saturated carbocycles. The summed E-state index contributed by atoms with van der Waals surface area (Å²) in [6.45, 7) is 4.74. The first-order valence-electron chi connectivity index (χ1n) is 9.71. The van der Waals surface area contributed by atoms with Gasteiger partial charge in [0.15, 0.2) is 11.0 Å². The molecular formula is C22H19N5O2S2. The number of benzene rings is 1. The van der Waals surface area contributed by atoms with Crippen molar-refractivity contribution in [1.82, 2.24) is 24.7 Å². The summed E-state index contributed by atoms with van der Waals surface area (Å²) in [7, 11) is 1.67. The van der Waals surface area contributed by atoms with Gasteiger partial charge >= 0.3 is 0 Å². The first-order chi connectivity index (χ1) is 15.2. The second-order valence-corrected chi connectivity index (χ2v) is 8.59. The van der Waals surface area contributed by atoms with Crippen LogP contribution in [0.2, 0.25) is 0 Å². The predicted octanol–water partition coefficient (Wildman–Crippen LogP) is 5.70. The van der Waals surface area contributed by atoms with Crippen LogP contribution in [0.15, 0.2) is 62.9 Å². The fourth-order valence-corrected chi connectivity index (χ4v) is 5.43. The summed E-state index contributed by atoms with van der Waals surface area (Å²) in [4.78, 5) is 10.0. The number of aryl methyl sites for hydroxylation is 1. The maximum Gasteiger partial charge on any atom is 0.197 e. The van der Waals surface area contributed by atoms with E-state index in [0.717, 1.165) is 61.0 Å². The maximum atomic E-state index is 5.46. The van der Waals surface area contributed by atoms with E-state index in [9.17, 15) is 0 Å². The number of thiophene rings is 1. The average Bonchev–Trinajstić information content (AvgIpc) is 3.52. The summed E-state index contributed by atoms with van der Waals surface area (Å²) < 4.78 is 12.8. The van der Waals surface area contributed by atoms with E-state index in [1.807, 2.05) is 25.1 Å². The van der Waals surface area contributed by atoms with Gasteiger partial charge in [-0.1, -0.05) is 12.1 Å². The Kier molecular flexibility index (Phi) is 5.21. The molecule has 0 bridgehead atoms. The van der Waals surface area contributed by atoms with E-state index in [4.69, 9.17) is 9.15 Å². The summed E-state index contributed by atoms with van der Waals surface area (Å²) in [5, 5.41) is 13.7. The molecule has 4 aromatic heterocycles. The highest BCUT2D eigenvalue weighted by Crippen LogP contribution is 2.40. The number of hydrogen-bond donors (Lipinski definition) is 0. The zero-order valence-electron chi connectivity index (χ0n) is 17.2. The van der Waals surface area contributed by atoms with E-state index in [-0.39, 0.29) is 0 Å². The topological polar surface area (TPSA) is 78.9 Å². The van der Waals surface area contributed by atoms with Crippen LogP contribution >= 0.6 is 23.1 Å². The Balaban J connectivity index is 1.58. The quantitative estimate of drug-likeness (QED) is 0.308. The summed E-state index contributed by atoms with van der Waals surface area (Å²) in [6.07, 6.45) is 3.28. The van der Waals surface area contributed by atoms with Gasteiger partial charge in [0.1, 0.15) is 27.7 Å². The van der Waals surface area contributed by atoms with Crippen LogP contribution in [-0.2, 0) is 6.54 Å². The van der Waals surface area contributed by atoms with Crippen LogP contribution in [-0.4, -0.2) is 31.8 Å². The molecule has 0 aliphatic carbocycles. The monoisotopic (exact) mass is 449 g/mol. The third-order valence-corrected chi connectivity index (χ3v) is 6.93. The molecule has 9 heteroatoms. The molecule has 0 unspecified atom stereocenters. The normalized spacial score (nSPS) is 11.3. The number of nitrogens with zero attached hydrogens (tertiary/aromatic N) is 5. The highest BCUT2D eigenvalue weighted by molar-refractivity contribution is 7.99. The molecule has 0 N–H and O–H groups in total. The van der Waals surface area contributed by atoms with Crippen LogP contribution in [0.25, 0.3) is 32.7 Å². The summed E-state index contributed by atoms with van der Waals surface area (Å²) in [6, 6.07) is 9.95. The molecule has 0 fully saturated rings. The Bertz CT molecular complexity index is 1350. The third kappa shape index (κ3) is 3.49. The lowest BCUT2D eigenvalue weighted by molar-refractivity contribution is 0.415. The van der Waals surface area contributed by atoms with Gasteiger partial charge in [-0.3, -0.25) is 0 Å². The number of ether oxygens (including phenoxy) is 1. The Labute approximate surface area is 187 Å². The molecule has 1 aromatic carbocycles. The molecule has 0 saturated heterocycles. The number of hydrogen-bond acceptors (Lipinski definition) is 8. The van der Waals surface area contributed by atoms with Crippen LogP contribution in [0.4, 0.5) is 0 Å². The molecule has 156 valence electrons. The zero-order chi connectivity index (χ0) is 21.4. The lowest BCUT2D eigenvalue weighted by Crippen LogP contribution is -2.00. The van der Waals surface area contributed by atoms with E-state index >= 15 is 0 Å². The minimum atomic E-state index is 0.735. The fourth-order valence-electron chi connectivity index (χ4n) is 3.46. The van der Waals surface area contributed by atoms with Crippen molar-refractivity contribution >= 4 is 33.3 Å². The molecule has 7 nitrogen and oxygen atoms in total. The standard InChI is InChI=1S/C22H19N5O2S2/c1-4-27-19(16-9-10-29-13(16)2)25-26-22(27)31-21-18-17(11-30-20(18)23-12-24-21)14-5-7-15(28-3)8-6-14/h5-12H,4H2,1-3H3. The van der Waals surface area contributed by atoms with E-state index < -0.39 is 0 Å². The molecule has 5 rings (SSSR count). The molecular weight excluding hydrogens is 430 g/mol. The molecule has 0 amide bonds. The Morgan fingerprint density at radius 3 is 2.65 bits per heavy atom. The first kappa shape index (κ1) is 19.8. The van der Waals surface area contributed by atoms with E-state index in [1.54, 1.807) is 31.0 Å². The molecule has 4 heterocycles. The van der Waals surface area contributed by atoms with Crippen LogP contribution in [0.3, 0.4) is 0 Å². The SMILES string of the molecule is CCn1c(Sc2ncnc3scc(-c4ccc(OC)cc4)c23)nnc1-c1ccoc1C. The smallest absolute Gasteiger partial charge is 0.197 e. The number of fused-ring (bicyclic) bond motifs is 1. The Morgan fingerprint density at radius 1 is 1.10 bits per heavy atom. The van der Waals surface area contributed by atoms with Crippen molar-refractivity contribution in [2.24, 2.45) is 0 Å². The Hall–Kier alpha value is -3.17. The molecule has 31 heavy (non-hydrogen) atoms. The van der Waals surface area contributed by atoms with Crippen molar-refractivity contribution in [2.75, 3.05) is 7.11 Å². The van der Waals surface area contributed by atoms with E-state index in [0.29, 0.717) is 0 Å². The van der Waals surface area contributed by atoms with Crippen molar-refractivity contribution in [1.29, 1.82) is 0 Å². The van der Waals surface area contributed by atoms with Gasteiger partial charge in [-0.25, -0.2) is 9.97 Å². The van der Waals surface area contributed by atoms with Crippen LogP contribution in [0.1, 0.15) is 12.7 Å². The number of rotatable bonds is 6. The molecule has 5 aromatic rings. The lowest BCUT2D eigenvalue weighted by Gasteiger charge is -2.08. The molecule has 0 aliphatic rings. The van der Waals surface area contributed by atoms with Crippen LogP contribution < -0.4 is 4.74 Å². The minimum Gasteiger partial charge on any atom is -0.497 e. The highest BCUT2D eigenvalue weighted by atomic mass is 32.2. The fraction of sp³-hybridized carbons (Fsp3) is 0.182. The van der Waals surface area contributed by atoms with E-state index in [1.165, 1.54) is 11.8 Å². The maximum absolute atomic E-state index is 5.46. The number of furan rings is 1. The predicted molar refractivity (Wildman–Crippen MR) is 122 cm³/mol. The van der Waals surface area contributed by atoms with Gasteiger partial charge in [0, 0.05) is 17.5 Å². The largest absolute Gasteiger partial charge is 0.497 e. The van der Waals surface area contributed by atoms with Gasteiger partial charge in [0.25, 0.3) is 0 Å². The molecule has 0 aliphatic heterocycles. The van der Waals surface area contributed by atoms with Gasteiger partial charge in [-0.2, -0.15) is 0 Å². The van der Waals surface area contributed by atoms with Crippen LogP contribution in [0.5, 0.6) is 5.75 Å². The highest BCUT2D eigenvalue weighted by Gasteiger charge is 2.20. The first-order valence-corrected chi connectivity index (χ1v) is 11.4. The second-order valence-electron chi connectivity index (χ2n) is 6.78. The Morgan fingerprint density at radius 2 is 1.94 bits per heavy atom. The summed E-state index contributed by atoms with van der Waals surface area (Å²) in [5.74, 6) is 2.44. The molecule has 0 atom stereocenters. The molecule has 0 radical (unpaired) electrons. The van der Waals surface area contributed by atoms with Crippen LogP contribution in [0, 0.1) is 6.92 Å². The van der Waals surface area contributed by atoms with Gasteiger partial charge < -0.3 is 13.7 Å². The van der Waals surface area contributed by atoms with Gasteiger partial charge in [-0.05, 0) is 49.4 Å². The van der Waals surface area contributed by atoms with Gasteiger partial charge in [0.2, 0.25) is 0 Å². The lowest BCUT2D eigenvalue weighted by atomic mass is 10.1. The van der Waals surface area contributed by atoms with Crippen molar-refractivity contribution in [3.05, 3.63) is 54.1 Å². The number of methoxy groups -OCH3 is 1. The van der Waals surface area contributed by atoms with Crippen molar-refractivity contribution in [3.8, 4) is 28.3 Å². The van der Waals surface area contributed by atoms with E-state index in [2.05, 4.69) is 49.2 Å². The summed E-state index contributed by atoms with van der Waals surface area (Å²) in [5.41, 5.74) is 3.14. The third-order valence-electron chi connectivity index (χ3n) is 5.06. The van der Waals surface area contributed by atoms with Crippen molar-refractivity contribution < 1.29 is 9.15 Å². The van der Waals surface area contributed by atoms with Gasteiger partial charge in [-0.15, -0.1) is 21.5 Å². The van der Waals surface area contributed by atoms with Crippen molar-refractivity contribution in [3.63, 3.8) is 0 Å². The van der Waals surface area contributed by atoms with Crippen molar-refractivity contribution in [2.45, 2.75) is 30.6 Å². The zero-order valence-corrected chi connectivity index (χ0v) is 18.8. The average molecular weight is 450 g/mol. The second kappa shape index (κ2) is 8.16. The van der Waals surface area contributed by atoms with Gasteiger partial charge in [0.05, 0.1) is 24.3 Å². The number of aromatic nitrogens is 5. The summed E-state index contributed by atoms with van der Waals surface area (Å²) >= 11 is 3.11. The molecule has 0 spiro atoms.